The normalized spacial score (nSPS) is 16.1. The molecule has 6 rings (SSSR count). The zero-order valence-electron chi connectivity index (χ0n) is 20.7. The van der Waals surface area contributed by atoms with Crippen LogP contribution in [0.25, 0.3) is 22.5 Å². The SMILES string of the molecule is O=C(O)c1ccc(-c2csc(N3CCC(OCc4c(-c5c(Cl)cccc5Cl)noc4C4CC4)CC3)n2)c(F)c1. The van der Waals surface area contributed by atoms with Crippen LogP contribution in [-0.2, 0) is 11.3 Å². The highest BCUT2D eigenvalue weighted by atomic mass is 35.5. The summed E-state index contributed by atoms with van der Waals surface area (Å²) in [7, 11) is 0. The van der Waals surface area contributed by atoms with Crippen molar-refractivity contribution in [2.45, 2.75) is 44.3 Å². The number of piperidine rings is 1. The molecule has 0 spiro atoms. The second kappa shape index (κ2) is 10.9. The summed E-state index contributed by atoms with van der Waals surface area (Å²) in [6.45, 7) is 1.87. The Bertz CT molecular complexity index is 1510. The van der Waals surface area contributed by atoms with Crippen LogP contribution in [0, 0.1) is 5.82 Å². The third kappa shape index (κ3) is 5.41. The van der Waals surface area contributed by atoms with Crippen molar-refractivity contribution >= 4 is 45.6 Å². The average molecular weight is 588 g/mol. The maximum Gasteiger partial charge on any atom is 0.335 e. The van der Waals surface area contributed by atoms with Gasteiger partial charge < -0.3 is 19.3 Å². The Morgan fingerprint density at radius 2 is 1.90 bits per heavy atom. The van der Waals surface area contributed by atoms with Crippen LogP contribution in [0.5, 0.6) is 0 Å². The van der Waals surface area contributed by atoms with Crippen molar-refractivity contribution in [2.24, 2.45) is 0 Å². The Kier molecular flexibility index (Phi) is 7.33. The molecule has 3 heterocycles. The summed E-state index contributed by atoms with van der Waals surface area (Å²) in [6.07, 6.45) is 3.81. The first-order valence-electron chi connectivity index (χ1n) is 12.7. The van der Waals surface area contributed by atoms with E-state index in [-0.39, 0.29) is 17.2 Å². The summed E-state index contributed by atoms with van der Waals surface area (Å²) < 4.78 is 26.6. The molecule has 0 atom stereocenters. The van der Waals surface area contributed by atoms with Gasteiger partial charge in [0, 0.05) is 41.1 Å². The molecule has 0 radical (unpaired) electrons. The fraction of sp³-hybridized carbons (Fsp3) is 0.321. The summed E-state index contributed by atoms with van der Waals surface area (Å²) in [5.41, 5.74) is 2.91. The lowest BCUT2D eigenvalue weighted by atomic mass is 10.0. The van der Waals surface area contributed by atoms with E-state index in [1.807, 2.05) is 0 Å². The number of hydrogen-bond donors (Lipinski definition) is 1. The molecule has 7 nitrogen and oxygen atoms in total. The van der Waals surface area contributed by atoms with Gasteiger partial charge in [0.1, 0.15) is 17.3 Å². The molecular formula is C28H24Cl2FN3O4S. The molecule has 4 aromatic rings. The number of carbonyl (C=O) groups is 1. The van der Waals surface area contributed by atoms with Crippen molar-refractivity contribution < 1.29 is 23.6 Å². The number of anilines is 1. The molecule has 0 amide bonds. The molecule has 1 saturated heterocycles. The van der Waals surface area contributed by atoms with E-state index >= 15 is 0 Å². The van der Waals surface area contributed by atoms with Crippen molar-refractivity contribution in [2.75, 3.05) is 18.0 Å². The van der Waals surface area contributed by atoms with Crippen LogP contribution in [0.1, 0.15) is 53.3 Å². The van der Waals surface area contributed by atoms with Crippen molar-refractivity contribution in [3.63, 3.8) is 0 Å². The molecule has 2 fully saturated rings. The summed E-state index contributed by atoms with van der Waals surface area (Å²) in [5, 5.41) is 17.0. The lowest BCUT2D eigenvalue weighted by Crippen LogP contribution is -2.37. The number of carboxylic acid groups (broad SMARTS) is 1. The Balaban J connectivity index is 1.11. The van der Waals surface area contributed by atoms with Crippen LogP contribution in [0.4, 0.5) is 9.52 Å². The topological polar surface area (TPSA) is 88.7 Å². The fourth-order valence-corrected chi connectivity index (χ4v) is 6.31. The highest BCUT2D eigenvalue weighted by molar-refractivity contribution is 7.14. The zero-order chi connectivity index (χ0) is 27.1. The second-order valence-corrected chi connectivity index (χ2v) is 11.4. The maximum atomic E-state index is 14.5. The van der Waals surface area contributed by atoms with Gasteiger partial charge in [0.05, 0.1) is 34.0 Å². The molecule has 0 bridgehead atoms. The van der Waals surface area contributed by atoms with Gasteiger partial charge in [-0.2, -0.15) is 0 Å². The van der Waals surface area contributed by atoms with Crippen LogP contribution in [0.15, 0.2) is 46.3 Å². The van der Waals surface area contributed by atoms with Gasteiger partial charge in [-0.15, -0.1) is 11.3 Å². The standard InChI is InChI=1S/C28H24Cl2FN3O4S/c29-20-2-1-3-21(30)24(20)25-19(26(38-33-25)15-4-5-15)13-37-17-8-10-34(11-9-17)28-32-23(14-39-28)18-7-6-16(27(35)36)12-22(18)31/h1-3,6-7,12,14-15,17H,4-5,8-11,13H2,(H,35,36). The Hall–Kier alpha value is -2.98. The lowest BCUT2D eigenvalue weighted by molar-refractivity contribution is 0.0246. The maximum absolute atomic E-state index is 14.5. The quantitative estimate of drug-likeness (QED) is 0.226. The number of nitrogens with zero attached hydrogens (tertiary/aromatic N) is 3. The van der Waals surface area contributed by atoms with Gasteiger partial charge in [0.25, 0.3) is 0 Å². The van der Waals surface area contributed by atoms with E-state index < -0.39 is 11.8 Å². The molecule has 1 aliphatic carbocycles. The van der Waals surface area contributed by atoms with E-state index in [2.05, 4.69) is 15.0 Å². The van der Waals surface area contributed by atoms with Crippen LogP contribution in [0.2, 0.25) is 10.0 Å². The van der Waals surface area contributed by atoms with E-state index in [1.54, 1.807) is 23.6 Å². The van der Waals surface area contributed by atoms with Gasteiger partial charge in [-0.1, -0.05) is 34.4 Å². The number of hydrogen-bond acceptors (Lipinski definition) is 7. The Morgan fingerprint density at radius 3 is 2.56 bits per heavy atom. The molecule has 0 unspecified atom stereocenters. The average Bonchev–Trinajstić information content (AvgIpc) is 3.50. The van der Waals surface area contributed by atoms with Crippen molar-refractivity contribution in [3.8, 4) is 22.5 Å². The number of benzene rings is 2. The molecule has 1 saturated carbocycles. The van der Waals surface area contributed by atoms with E-state index in [0.29, 0.717) is 39.5 Å². The third-order valence-corrected chi connectivity index (χ3v) is 8.66. The van der Waals surface area contributed by atoms with Crippen molar-refractivity contribution in [1.82, 2.24) is 10.1 Å². The van der Waals surface area contributed by atoms with Gasteiger partial charge in [-0.3, -0.25) is 0 Å². The second-order valence-electron chi connectivity index (χ2n) is 9.76. The highest BCUT2D eigenvalue weighted by Gasteiger charge is 2.34. The van der Waals surface area contributed by atoms with Crippen LogP contribution in [0.3, 0.4) is 0 Å². The summed E-state index contributed by atoms with van der Waals surface area (Å²) in [6, 6.07) is 9.25. The van der Waals surface area contributed by atoms with Gasteiger partial charge >= 0.3 is 5.97 Å². The van der Waals surface area contributed by atoms with Crippen LogP contribution >= 0.6 is 34.5 Å². The molecule has 2 aromatic heterocycles. The zero-order valence-corrected chi connectivity index (χ0v) is 23.0. The first-order chi connectivity index (χ1) is 18.9. The highest BCUT2D eigenvalue weighted by Crippen LogP contribution is 2.46. The van der Waals surface area contributed by atoms with E-state index in [9.17, 15) is 9.18 Å². The molecule has 2 aliphatic rings. The fourth-order valence-electron chi connectivity index (χ4n) is 4.85. The summed E-state index contributed by atoms with van der Waals surface area (Å²) in [5.74, 6) is -0.550. The first-order valence-corrected chi connectivity index (χ1v) is 14.3. The molecule has 11 heteroatoms. The number of thiazole rings is 1. The Labute approximate surface area is 238 Å². The van der Waals surface area contributed by atoms with E-state index in [1.165, 1.54) is 23.5 Å². The summed E-state index contributed by atoms with van der Waals surface area (Å²) in [4.78, 5) is 17.9. The number of carboxylic acids is 1. The number of rotatable bonds is 8. The number of aromatic carboxylic acids is 1. The Morgan fingerprint density at radius 1 is 1.15 bits per heavy atom. The van der Waals surface area contributed by atoms with Crippen molar-refractivity contribution in [3.05, 3.63) is 74.5 Å². The molecule has 1 N–H and O–H groups in total. The number of ether oxygens (including phenoxy) is 1. The van der Waals surface area contributed by atoms with Crippen LogP contribution < -0.4 is 4.90 Å². The lowest BCUT2D eigenvalue weighted by Gasteiger charge is -2.31. The van der Waals surface area contributed by atoms with E-state index in [4.69, 9.17) is 37.6 Å². The minimum Gasteiger partial charge on any atom is -0.478 e. The van der Waals surface area contributed by atoms with Gasteiger partial charge in [0.15, 0.2) is 5.13 Å². The minimum atomic E-state index is -1.17. The molecule has 1 aliphatic heterocycles. The predicted molar refractivity (Wildman–Crippen MR) is 148 cm³/mol. The monoisotopic (exact) mass is 587 g/mol. The predicted octanol–water partition coefficient (Wildman–Crippen LogP) is 7.67. The minimum absolute atomic E-state index is 0.0539. The largest absolute Gasteiger partial charge is 0.478 e. The van der Waals surface area contributed by atoms with Gasteiger partial charge in [0.2, 0.25) is 0 Å². The molecule has 2 aromatic carbocycles. The number of aromatic nitrogens is 2. The van der Waals surface area contributed by atoms with Crippen LogP contribution in [-0.4, -0.2) is 40.4 Å². The smallest absolute Gasteiger partial charge is 0.335 e. The third-order valence-electron chi connectivity index (χ3n) is 7.13. The molecular weight excluding hydrogens is 564 g/mol. The van der Waals surface area contributed by atoms with Crippen molar-refractivity contribution in [1.29, 1.82) is 0 Å². The van der Waals surface area contributed by atoms with Gasteiger partial charge in [-0.05, 0) is 56.0 Å². The molecule has 39 heavy (non-hydrogen) atoms. The number of halogens is 3. The van der Waals surface area contributed by atoms with Gasteiger partial charge in [-0.25, -0.2) is 14.2 Å². The molecule has 202 valence electrons. The first kappa shape index (κ1) is 26.3. The summed E-state index contributed by atoms with van der Waals surface area (Å²) >= 11 is 14.4. The van der Waals surface area contributed by atoms with E-state index in [0.717, 1.165) is 61.3 Å².